The Morgan fingerprint density at radius 2 is 2.24 bits per heavy atom. The van der Waals surface area contributed by atoms with E-state index in [1.165, 1.54) is 0 Å². The van der Waals surface area contributed by atoms with E-state index in [1.54, 1.807) is 12.1 Å². The quantitative estimate of drug-likeness (QED) is 0.839. The van der Waals surface area contributed by atoms with E-state index >= 15 is 0 Å². The van der Waals surface area contributed by atoms with Crippen LogP contribution >= 0.6 is 11.6 Å². The van der Waals surface area contributed by atoms with Crippen molar-refractivity contribution in [2.45, 2.75) is 12.8 Å². The number of nitriles is 1. The maximum Gasteiger partial charge on any atom is 0.132 e. The monoisotopic (exact) mass is 251 g/mol. The standard InChI is InChI=1S/C12H14ClN3O/c13-11-5-10(7-14)6-12(16-11)15-8-9-1-3-17-4-2-9/h5-6,9H,1-4,8H2,(H,15,16). The third-order valence-electron chi connectivity index (χ3n) is 2.84. The van der Waals surface area contributed by atoms with E-state index in [2.05, 4.69) is 16.4 Å². The average Bonchev–Trinajstić information content (AvgIpc) is 2.37. The minimum atomic E-state index is 0.346. The number of halogens is 1. The third-order valence-corrected chi connectivity index (χ3v) is 3.03. The van der Waals surface area contributed by atoms with Gasteiger partial charge in [-0.1, -0.05) is 11.6 Å². The second-order valence-electron chi connectivity index (χ2n) is 4.11. The summed E-state index contributed by atoms with van der Waals surface area (Å²) in [5, 5.41) is 12.4. The Bertz CT molecular complexity index is 424. The van der Waals surface area contributed by atoms with Gasteiger partial charge in [0.1, 0.15) is 11.0 Å². The molecule has 0 spiro atoms. The molecule has 1 N–H and O–H groups in total. The molecule has 2 heterocycles. The molecule has 1 aliphatic rings. The molecule has 0 aliphatic carbocycles. The highest BCUT2D eigenvalue weighted by atomic mass is 35.5. The summed E-state index contributed by atoms with van der Waals surface area (Å²) in [6.45, 7) is 2.51. The van der Waals surface area contributed by atoms with Gasteiger partial charge in [-0.2, -0.15) is 5.26 Å². The minimum Gasteiger partial charge on any atom is -0.381 e. The summed E-state index contributed by atoms with van der Waals surface area (Å²) in [7, 11) is 0. The van der Waals surface area contributed by atoms with Crippen molar-refractivity contribution in [3.63, 3.8) is 0 Å². The topological polar surface area (TPSA) is 57.9 Å². The van der Waals surface area contributed by atoms with Crippen molar-refractivity contribution in [2.24, 2.45) is 5.92 Å². The number of anilines is 1. The molecule has 4 nitrogen and oxygen atoms in total. The highest BCUT2D eigenvalue weighted by Gasteiger charge is 2.13. The second kappa shape index (κ2) is 5.85. The van der Waals surface area contributed by atoms with Crippen LogP contribution in [0.15, 0.2) is 12.1 Å². The molecule has 0 amide bonds. The average molecular weight is 252 g/mol. The molecule has 0 radical (unpaired) electrons. The number of hydrogen-bond donors (Lipinski definition) is 1. The van der Waals surface area contributed by atoms with E-state index in [1.807, 2.05) is 0 Å². The molecule has 1 saturated heterocycles. The molecule has 5 heteroatoms. The first-order valence-corrected chi connectivity index (χ1v) is 6.05. The van der Waals surface area contributed by atoms with Gasteiger partial charge in [0.2, 0.25) is 0 Å². The van der Waals surface area contributed by atoms with Gasteiger partial charge in [0.15, 0.2) is 0 Å². The van der Waals surface area contributed by atoms with Gasteiger partial charge in [0.05, 0.1) is 11.6 Å². The first-order chi connectivity index (χ1) is 8.28. The van der Waals surface area contributed by atoms with E-state index in [0.717, 1.165) is 32.6 Å². The molecule has 0 bridgehead atoms. The zero-order chi connectivity index (χ0) is 12.1. The third kappa shape index (κ3) is 3.58. The Morgan fingerprint density at radius 3 is 2.94 bits per heavy atom. The van der Waals surface area contributed by atoms with Crippen LogP contribution in [0.1, 0.15) is 18.4 Å². The SMILES string of the molecule is N#Cc1cc(Cl)nc(NCC2CCOCC2)c1. The Morgan fingerprint density at radius 1 is 1.47 bits per heavy atom. The number of hydrogen-bond acceptors (Lipinski definition) is 4. The molecule has 0 aromatic carbocycles. The highest BCUT2D eigenvalue weighted by Crippen LogP contribution is 2.17. The maximum atomic E-state index is 8.82. The van der Waals surface area contributed by atoms with Gasteiger partial charge >= 0.3 is 0 Å². The van der Waals surface area contributed by atoms with E-state index in [-0.39, 0.29) is 0 Å². The fourth-order valence-corrected chi connectivity index (χ4v) is 2.06. The van der Waals surface area contributed by atoms with E-state index < -0.39 is 0 Å². The lowest BCUT2D eigenvalue weighted by Gasteiger charge is -2.22. The van der Waals surface area contributed by atoms with Gasteiger partial charge in [-0.15, -0.1) is 0 Å². The predicted molar refractivity (Wildman–Crippen MR) is 66.0 cm³/mol. The number of aromatic nitrogens is 1. The summed E-state index contributed by atoms with van der Waals surface area (Å²) in [5.74, 6) is 1.27. The minimum absolute atomic E-state index is 0.346. The molecule has 1 aromatic rings. The van der Waals surface area contributed by atoms with Crippen molar-refractivity contribution < 1.29 is 4.74 Å². The van der Waals surface area contributed by atoms with Crippen LogP contribution in [-0.4, -0.2) is 24.7 Å². The van der Waals surface area contributed by atoms with Crippen LogP contribution in [0.5, 0.6) is 0 Å². The number of nitrogens with zero attached hydrogens (tertiary/aromatic N) is 2. The Labute approximate surface area is 106 Å². The number of nitrogens with one attached hydrogen (secondary N) is 1. The van der Waals surface area contributed by atoms with Gasteiger partial charge in [0.25, 0.3) is 0 Å². The first-order valence-electron chi connectivity index (χ1n) is 5.67. The van der Waals surface area contributed by atoms with Gasteiger partial charge in [-0.3, -0.25) is 0 Å². The molecule has 17 heavy (non-hydrogen) atoms. The summed E-state index contributed by atoms with van der Waals surface area (Å²) in [6, 6.07) is 5.33. The summed E-state index contributed by atoms with van der Waals surface area (Å²) >= 11 is 5.83. The van der Waals surface area contributed by atoms with Crippen LogP contribution in [0.2, 0.25) is 5.15 Å². The largest absolute Gasteiger partial charge is 0.381 e. The van der Waals surface area contributed by atoms with E-state index in [0.29, 0.717) is 22.5 Å². The number of pyridine rings is 1. The smallest absolute Gasteiger partial charge is 0.132 e. The number of rotatable bonds is 3. The zero-order valence-electron chi connectivity index (χ0n) is 9.45. The summed E-state index contributed by atoms with van der Waals surface area (Å²) in [6.07, 6.45) is 2.14. The van der Waals surface area contributed by atoms with E-state index in [4.69, 9.17) is 21.6 Å². The lowest BCUT2D eigenvalue weighted by molar-refractivity contribution is 0.0699. The van der Waals surface area contributed by atoms with Gasteiger partial charge in [-0.05, 0) is 30.9 Å². The fourth-order valence-electron chi connectivity index (χ4n) is 1.85. The van der Waals surface area contributed by atoms with Crippen molar-refractivity contribution in [3.8, 4) is 6.07 Å². The van der Waals surface area contributed by atoms with E-state index in [9.17, 15) is 0 Å². The lowest BCUT2D eigenvalue weighted by Crippen LogP contribution is -2.22. The first kappa shape index (κ1) is 12.2. The Balaban J connectivity index is 1.94. The summed E-state index contributed by atoms with van der Waals surface area (Å²) in [5.41, 5.74) is 0.527. The zero-order valence-corrected chi connectivity index (χ0v) is 10.2. The molecule has 0 saturated carbocycles. The van der Waals surface area contributed by atoms with Crippen molar-refractivity contribution in [3.05, 3.63) is 22.8 Å². The van der Waals surface area contributed by atoms with Gasteiger partial charge < -0.3 is 10.1 Å². The number of ether oxygens (including phenoxy) is 1. The Hall–Kier alpha value is -1.31. The molecule has 2 rings (SSSR count). The molecule has 0 atom stereocenters. The van der Waals surface area contributed by atoms with Crippen LogP contribution in [-0.2, 0) is 4.74 Å². The lowest BCUT2D eigenvalue weighted by atomic mass is 10.0. The molecule has 0 unspecified atom stereocenters. The molecule has 1 aromatic heterocycles. The van der Waals surface area contributed by atoms with Crippen molar-refractivity contribution >= 4 is 17.4 Å². The fraction of sp³-hybridized carbons (Fsp3) is 0.500. The predicted octanol–water partition coefficient (Wildman–Crippen LogP) is 2.45. The van der Waals surface area contributed by atoms with Crippen LogP contribution < -0.4 is 5.32 Å². The molecule has 1 fully saturated rings. The van der Waals surface area contributed by atoms with Gasteiger partial charge in [0, 0.05) is 19.8 Å². The normalized spacial score (nSPS) is 16.5. The molecule has 1 aliphatic heterocycles. The summed E-state index contributed by atoms with van der Waals surface area (Å²) in [4.78, 5) is 4.14. The van der Waals surface area contributed by atoms with Crippen molar-refractivity contribution in [1.29, 1.82) is 5.26 Å². The summed E-state index contributed by atoms with van der Waals surface area (Å²) < 4.78 is 5.30. The van der Waals surface area contributed by atoms with Crippen LogP contribution in [0.4, 0.5) is 5.82 Å². The van der Waals surface area contributed by atoms with Crippen LogP contribution in [0.25, 0.3) is 0 Å². The molecule has 90 valence electrons. The maximum absolute atomic E-state index is 8.82. The van der Waals surface area contributed by atoms with Crippen molar-refractivity contribution in [2.75, 3.05) is 25.1 Å². The molecular formula is C12H14ClN3O. The van der Waals surface area contributed by atoms with Crippen LogP contribution in [0.3, 0.4) is 0 Å². The highest BCUT2D eigenvalue weighted by molar-refractivity contribution is 6.29. The van der Waals surface area contributed by atoms with Crippen molar-refractivity contribution in [1.82, 2.24) is 4.98 Å². The molecular weight excluding hydrogens is 238 g/mol. The Kier molecular flexibility index (Phi) is 4.18. The second-order valence-corrected chi connectivity index (χ2v) is 4.50. The van der Waals surface area contributed by atoms with Crippen LogP contribution in [0, 0.1) is 17.2 Å². The van der Waals surface area contributed by atoms with Gasteiger partial charge in [-0.25, -0.2) is 4.98 Å².